The zero-order valence-electron chi connectivity index (χ0n) is 13.4. The molecule has 0 fully saturated rings. The van der Waals surface area contributed by atoms with Crippen LogP contribution in [0.25, 0.3) is 0 Å². The van der Waals surface area contributed by atoms with Crippen molar-refractivity contribution in [3.05, 3.63) is 60.8 Å². The fraction of sp³-hybridized carbons (Fsp3) is 0.500. The molecule has 0 nitrogen and oxygen atoms in total. The zero-order valence-corrected chi connectivity index (χ0v) is 13.4. The van der Waals surface area contributed by atoms with Crippen molar-refractivity contribution in [2.24, 2.45) is 0 Å². The van der Waals surface area contributed by atoms with Gasteiger partial charge < -0.3 is 0 Å². The van der Waals surface area contributed by atoms with E-state index in [9.17, 15) is 0 Å². The molecule has 0 aliphatic carbocycles. The molecule has 0 N–H and O–H groups in total. The molecule has 0 aromatic rings. The summed E-state index contributed by atoms with van der Waals surface area (Å²) in [6, 6.07) is 0. The van der Waals surface area contributed by atoms with Crippen LogP contribution in [0.2, 0.25) is 0 Å². The number of hydrogen-bond acceptors (Lipinski definition) is 0. The van der Waals surface area contributed by atoms with E-state index in [4.69, 9.17) is 0 Å². The molecule has 0 saturated carbocycles. The van der Waals surface area contributed by atoms with E-state index in [2.05, 4.69) is 74.6 Å². The molecule has 0 bridgehead atoms. The van der Waals surface area contributed by atoms with E-state index in [1.807, 2.05) is 0 Å². The summed E-state index contributed by atoms with van der Waals surface area (Å²) in [5, 5.41) is 0. The average molecular weight is 272 g/mol. The van der Waals surface area contributed by atoms with Crippen LogP contribution in [0, 0.1) is 0 Å². The molecule has 0 aliphatic heterocycles. The third-order valence-corrected chi connectivity index (χ3v) is 2.88. The minimum absolute atomic E-state index is 1.05. The standard InChI is InChI=1S/C20H32/c1-3-5-7-9-11-13-15-17-19-20-18-16-14-12-10-8-6-4-2/h5,7,10-13,16-19H,3-4,6,8-9,14-15,20H2,1-2H3/b7-5-,12-10-,13-11-,18-16-,19-17-. The van der Waals surface area contributed by atoms with Gasteiger partial charge in [-0.2, -0.15) is 0 Å². The molecule has 0 heterocycles. The molecule has 112 valence electrons. The first kappa shape index (κ1) is 18.7. The fourth-order valence-corrected chi connectivity index (χ4v) is 1.69. The van der Waals surface area contributed by atoms with Crippen LogP contribution in [0.4, 0.5) is 0 Å². The van der Waals surface area contributed by atoms with Gasteiger partial charge in [0.2, 0.25) is 0 Å². The summed E-state index contributed by atoms with van der Waals surface area (Å²) in [4.78, 5) is 0. The monoisotopic (exact) mass is 272 g/mol. The van der Waals surface area contributed by atoms with Gasteiger partial charge in [-0.15, -0.1) is 0 Å². The van der Waals surface area contributed by atoms with Crippen LogP contribution in [-0.2, 0) is 0 Å². The number of hydrogen-bond donors (Lipinski definition) is 0. The Morgan fingerprint density at radius 3 is 1.30 bits per heavy atom. The smallest absolute Gasteiger partial charge is 0.0169 e. The summed E-state index contributed by atoms with van der Waals surface area (Å²) in [5.74, 6) is 0. The first-order valence-corrected chi connectivity index (χ1v) is 8.16. The lowest BCUT2D eigenvalue weighted by atomic mass is 10.2. The Hall–Kier alpha value is -1.30. The van der Waals surface area contributed by atoms with Crippen LogP contribution in [0.15, 0.2) is 60.8 Å². The quantitative estimate of drug-likeness (QED) is 0.267. The summed E-state index contributed by atoms with van der Waals surface area (Å²) < 4.78 is 0. The van der Waals surface area contributed by atoms with Crippen LogP contribution < -0.4 is 0 Å². The maximum absolute atomic E-state index is 2.29. The second-order valence-electron chi connectivity index (χ2n) is 4.85. The lowest BCUT2D eigenvalue weighted by Gasteiger charge is -1.87. The molecule has 0 rings (SSSR count). The van der Waals surface area contributed by atoms with E-state index >= 15 is 0 Å². The number of allylic oxidation sites excluding steroid dienone is 10. The van der Waals surface area contributed by atoms with Crippen molar-refractivity contribution in [1.29, 1.82) is 0 Å². The molecule has 0 amide bonds. The predicted molar refractivity (Wildman–Crippen MR) is 94.0 cm³/mol. The van der Waals surface area contributed by atoms with Gasteiger partial charge in [-0.25, -0.2) is 0 Å². The molecule has 0 saturated heterocycles. The SMILES string of the molecule is CC/C=C\C/C=C\C/C=C\C/C=C\C/C=C\CCCC. The molecule has 0 aliphatic rings. The van der Waals surface area contributed by atoms with Gasteiger partial charge in [0.25, 0.3) is 0 Å². The summed E-state index contributed by atoms with van der Waals surface area (Å²) in [6.45, 7) is 4.40. The fourth-order valence-electron chi connectivity index (χ4n) is 1.69. The maximum atomic E-state index is 2.29. The van der Waals surface area contributed by atoms with Gasteiger partial charge in [-0.3, -0.25) is 0 Å². The first-order chi connectivity index (χ1) is 9.91. The van der Waals surface area contributed by atoms with Gasteiger partial charge in [-0.05, 0) is 38.5 Å². The summed E-state index contributed by atoms with van der Waals surface area (Å²) >= 11 is 0. The van der Waals surface area contributed by atoms with Crippen molar-refractivity contribution in [3.8, 4) is 0 Å². The number of rotatable bonds is 12. The highest BCUT2D eigenvalue weighted by Gasteiger charge is 1.77. The molecule has 0 radical (unpaired) electrons. The van der Waals surface area contributed by atoms with Crippen molar-refractivity contribution < 1.29 is 0 Å². The molecule has 20 heavy (non-hydrogen) atoms. The third kappa shape index (κ3) is 16.7. The van der Waals surface area contributed by atoms with E-state index < -0.39 is 0 Å². The molecule has 0 aromatic heterocycles. The highest BCUT2D eigenvalue weighted by molar-refractivity contribution is 5.00. The second kappa shape index (κ2) is 17.7. The Kier molecular flexibility index (Phi) is 16.5. The van der Waals surface area contributed by atoms with E-state index in [0.29, 0.717) is 0 Å². The molecular formula is C20H32. The lowest BCUT2D eigenvalue weighted by Crippen LogP contribution is -1.67. The van der Waals surface area contributed by atoms with Crippen molar-refractivity contribution in [2.45, 2.75) is 65.2 Å². The zero-order chi connectivity index (χ0) is 14.7. The molecule has 0 unspecified atom stereocenters. The molecule has 0 aromatic carbocycles. The first-order valence-electron chi connectivity index (χ1n) is 8.16. The van der Waals surface area contributed by atoms with Gasteiger partial charge in [0.15, 0.2) is 0 Å². The molecule has 0 heteroatoms. The molecular weight excluding hydrogens is 240 g/mol. The highest BCUT2D eigenvalue weighted by Crippen LogP contribution is 1.98. The molecule has 0 atom stereocenters. The van der Waals surface area contributed by atoms with Gasteiger partial charge in [0.05, 0.1) is 0 Å². The van der Waals surface area contributed by atoms with E-state index in [1.54, 1.807) is 0 Å². The van der Waals surface area contributed by atoms with Crippen molar-refractivity contribution >= 4 is 0 Å². The Bertz CT molecular complexity index is 313. The lowest BCUT2D eigenvalue weighted by molar-refractivity contribution is 0.813. The van der Waals surface area contributed by atoms with E-state index in [0.717, 1.165) is 32.1 Å². The third-order valence-electron chi connectivity index (χ3n) is 2.88. The average Bonchev–Trinajstić information content (AvgIpc) is 2.47. The summed E-state index contributed by atoms with van der Waals surface area (Å²) in [7, 11) is 0. The van der Waals surface area contributed by atoms with Crippen molar-refractivity contribution in [1.82, 2.24) is 0 Å². The van der Waals surface area contributed by atoms with Crippen molar-refractivity contribution in [3.63, 3.8) is 0 Å². The van der Waals surface area contributed by atoms with E-state index in [-0.39, 0.29) is 0 Å². The Balaban J connectivity index is 3.42. The maximum Gasteiger partial charge on any atom is -0.0169 e. The Labute approximate surface area is 126 Å². The van der Waals surface area contributed by atoms with Crippen molar-refractivity contribution in [2.75, 3.05) is 0 Å². The van der Waals surface area contributed by atoms with Gasteiger partial charge in [0, 0.05) is 0 Å². The van der Waals surface area contributed by atoms with E-state index in [1.165, 1.54) is 19.3 Å². The minimum Gasteiger partial charge on any atom is -0.0885 e. The topological polar surface area (TPSA) is 0 Å². The number of unbranched alkanes of at least 4 members (excludes halogenated alkanes) is 2. The summed E-state index contributed by atoms with van der Waals surface area (Å²) in [5.41, 5.74) is 0. The normalized spacial score (nSPS) is 13.1. The minimum atomic E-state index is 1.05. The largest absolute Gasteiger partial charge is 0.0885 e. The second-order valence-corrected chi connectivity index (χ2v) is 4.85. The van der Waals surface area contributed by atoms with Gasteiger partial charge in [-0.1, -0.05) is 87.4 Å². The van der Waals surface area contributed by atoms with Crippen LogP contribution >= 0.6 is 0 Å². The Morgan fingerprint density at radius 2 is 0.900 bits per heavy atom. The van der Waals surface area contributed by atoms with Gasteiger partial charge >= 0.3 is 0 Å². The Morgan fingerprint density at radius 1 is 0.500 bits per heavy atom. The van der Waals surface area contributed by atoms with Crippen LogP contribution in [-0.4, -0.2) is 0 Å². The highest BCUT2D eigenvalue weighted by atomic mass is 13.8. The molecule has 0 spiro atoms. The summed E-state index contributed by atoms with van der Waals surface area (Å²) in [6.07, 6.45) is 31.6. The van der Waals surface area contributed by atoms with Crippen LogP contribution in [0.1, 0.15) is 65.2 Å². The van der Waals surface area contributed by atoms with Gasteiger partial charge in [0.1, 0.15) is 0 Å². The van der Waals surface area contributed by atoms with Crippen LogP contribution in [0.5, 0.6) is 0 Å². The predicted octanol–water partition coefficient (Wildman–Crippen LogP) is 6.93. The van der Waals surface area contributed by atoms with Crippen LogP contribution in [0.3, 0.4) is 0 Å².